The van der Waals surface area contributed by atoms with E-state index in [1.807, 2.05) is 6.92 Å². The maximum Gasteiger partial charge on any atom is 0.119 e. The van der Waals surface area contributed by atoms with Crippen LogP contribution in [0.3, 0.4) is 0 Å². The van der Waals surface area contributed by atoms with Crippen LogP contribution in [0.4, 0.5) is 0 Å². The molecule has 0 saturated carbocycles. The molecule has 1 unspecified atom stereocenters. The minimum absolute atomic E-state index is 0.276. The predicted molar refractivity (Wildman–Crippen MR) is 48.8 cm³/mol. The van der Waals surface area contributed by atoms with Gasteiger partial charge in [-0.1, -0.05) is 6.92 Å². The Morgan fingerprint density at radius 2 is 2.42 bits per heavy atom. The van der Waals surface area contributed by atoms with Crippen molar-refractivity contribution in [1.29, 1.82) is 5.26 Å². The van der Waals surface area contributed by atoms with E-state index in [4.69, 9.17) is 5.26 Å². The zero-order valence-corrected chi connectivity index (χ0v) is 7.93. The number of hydrogen-bond acceptors (Lipinski definition) is 3. The summed E-state index contributed by atoms with van der Waals surface area (Å²) in [5, 5.41) is 12.3. The zero-order chi connectivity index (χ0) is 9.03. The number of rotatable bonds is 2. The zero-order valence-electron chi connectivity index (χ0n) is 7.93. The van der Waals surface area contributed by atoms with E-state index in [1.165, 1.54) is 0 Å². The molecule has 0 aromatic rings. The summed E-state index contributed by atoms with van der Waals surface area (Å²) in [5.41, 5.74) is -0.276. The standard InChI is InChI=1S/C9H17N3/c1-3-11-9(7-10)5-4-6-12(2)8-9/h11H,3-6,8H2,1-2H3. The van der Waals surface area contributed by atoms with Gasteiger partial charge < -0.3 is 4.90 Å². The second kappa shape index (κ2) is 3.88. The van der Waals surface area contributed by atoms with Crippen LogP contribution >= 0.6 is 0 Å². The molecule has 3 heteroatoms. The van der Waals surface area contributed by atoms with Crippen LogP contribution in [0, 0.1) is 11.3 Å². The van der Waals surface area contributed by atoms with Gasteiger partial charge in [-0.3, -0.25) is 5.32 Å². The van der Waals surface area contributed by atoms with Crippen LogP contribution in [0.25, 0.3) is 0 Å². The minimum atomic E-state index is -0.276. The monoisotopic (exact) mass is 167 g/mol. The lowest BCUT2D eigenvalue weighted by Gasteiger charge is -2.36. The van der Waals surface area contributed by atoms with Gasteiger partial charge in [0.2, 0.25) is 0 Å². The topological polar surface area (TPSA) is 39.1 Å². The molecule has 0 bridgehead atoms. The first-order valence-corrected chi connectivity index (χ1v) is 4.57. The molecule has 1 saturated heterocycles. The van der Waals surface area contributed by atoms with Gasteiger partial charge in [-0.25, -0.2) is 0 Å². The molecular weight excluding hydrogens is 150 g/mol. The van der Waals surface area contributed by atoms with Gasteiger partial charge in [0.1, 0.15) is 5.54 Å². The highest BCUT2D eigenvalue weighted by molar-refractivity contribution is 5.10. The van der Waals surface area contributed by atoms with E-state index in [0.717, 1.165) is 32.5 Å². The van der Waals surface area contributed by atoms with Crippen LogP contribution in [0.5, 0.6) is 0 Å². The highest BCUT2D eigenvalue weighted by Crippen LogP contribution is 2.18. The van der Waals surface area contributed by atoms with Gasteiger partial charge in [0.05, 0.1) is 6.07 Å². The van der Waals surface area contributed by atoms with Crippen molar-refractivity contribution in [3.8, 4) is 6.07 Å². The Morgan fingerprint density at radius 1 is 1.67 bits per heavy atom. The van der Waals surface area contributed by atoms with Gasteiger partial charge in [-0.05, 0) is 33.0 Å². The van der Waals surface area contributed by atoms with E-state index in [9.17, 15) is 0 Å². The lowest BCUT2D eigenvalue weighted by Crippen LogP contribution is -2.55. The lowest BCUT2D eigenvalue weighted by molar-refractivity contribution is 0.187. The Morgan fingerprint density at radius 3 is 2.92 bits per heavy atom. The molecule has 1 aliphatic heterocycles. The molecule has 1 N–H and O–H groups in total. The fourth-order valence-corrected chi connectivity index (χ4v) is 1.88. The van der Waals surface area contributed by atoms with Crippen LogP contribution in [0.15, 0.2) is 0 Å². The van der Waals surface area contributed by atoms with Crippen molar-refractivity contribution in [2.45, 2.75) is 25.3 Å². The number of nitrogens with zero attached hydrogens (tertiary/aromatic N) is 2. The molecule has 0 spiro atoms. The Labute approximate surface area is 74.4 Å². The molecule has 68 valence electrons. The number of hydrogen-bond donors (Lipinski definition) is 1. The van der Waals surface area contributed by atoms with Crippen molar-refractivity contribution in [2.75, 3.05) is 26.7 Å². The second-order valence-electron chi connectivity index (χ2n) is 3.57. The summed E-state index contributed by atoms with van der Waals surface area (Å²) in [6, 6.07) is 2.40. The number of likely N-dealkylation sites (N-methyl/N-ethyl adjacent to an activating group) is 2. The predicted octanol–water partition coefficient (Wildman–Crippen LogP) is 0.584. The Bertz CT molecular complexity index is 181. The maximum absolute atomic E-state index is 9.05. The average Bonchev–Trinajstić information content (AvgIpc) is 2.05. The molecule has 0 radical (unpaired) electrons. The van der Waals surface area contributed by atoms with Crippen molar-refractivity contribution in [1.82, 2.24) is 10.2 Å². The fourth-order valence-electron chi connectivity index (χ4n) is 1.88. The third kappa shape index (κ3) is 1.96. The summed E-state index contributed by atoms with van der Waals surface area (Å²) < 4.78 is 0. The fraction of sp³-hybridized carbons (Fsp3) is 0.889. The van der Waals surface area contributed by atoms with Crippen molar-refractivity contribution in [3.63, 3.8) is 0 Å². The highest BCUT2D eigenvalue weighted by Gasteiger charge is 2.33. The third-order valence-corrected chi connectivity index (χ3v) is 2.41. The van der Waals surface area contributed by atoms with Crippen LogP contribution in [-0.4, -0.2) is 37.1 Å². The van der Waals surface area contributed by atoms with Crippen LogP contribution in [0.2, 0.25) is 0 Å². The Kier molecular flexibility index (Phi) is 3.07. The smallest absolute Gasteiger partial charge is 0.119 e. The number of likely N-dealkylation sites (tertiary alicyclic amines) is 1. The molecule has 3 nitrogen and oxygen atoms in total. The summed E-state index contributed by atoms with van der Waals surface area (Å²) in [7, 11) is 2.07. The van der Waals surface area contributed by atoms with Crippen LogP contribution in [0.1, 0.15) is 19.8 Å². The highest BCUT2D eigenvalue weighted by atomic mass is 15.2. The molecule has 0 aliphatic carbocycles. The maximum atomic E-state index is 9.05. The molecule has 0 aromatic carbocycles. The first-order valence-electron chi connectivity index (χ1n) is 4.57. The number of piperidine rings is 1. The quantitative estimate of drug-likeness (QED) is 0.654. The molecule has 12 heavy (non-hydrogen) atoms. The van der Waals surface area contributed by atoms with Gasteiger partial charge in [0.15, 0.2) is 0 Å². The summed E-state index contributed by atoms with van der Waals surface area (Å²) in [6.07, 6.45) is 2.11. The molecule has 1 rings (SSSR count). The van der Waals surface area contributed by atoms with E-state index in [1.54, 1.807) is 0 Å². The molecule has 1 aliphatic rings. The molecule has 1 heterocycles. The van der Waals surface area contributed by atoms with Crippen molar-refractivity contribution in [2.24, 2.45) is 0 Å². The van der Waals surface area contributed by atoms with Gasteiger partial charge in [0, 0.05) is 6.54 Å². The van der Waals surface area contributed by atoms with E-state index < -0.39 is 0 Å². The number of nitriles is 1. The first-order chi connectivity index (χ1) is 5.72. The van der Waals surface area contributed by atoms with E-state index in [0.29, 0.717) is 0 Å². The van der Waals surface area contributed by atoms with E-state index >= 15 is 0 Å². The summed E-state index contributed by atoms with van der Waals surface area (Å²) in [6.45, 7) is 4.90. The van der Waals surface area contributed by atoms with E-state index in [-0.39, 0.29) is 5.54 Å². The van der Waals surface area contributed by atoms with Crippen LogP contribution < -0.4 is 5.32 Å². The van der Waals surface area contributed by atoms with Gasteiger partial charge >= 0.3 is 0 Å². The molecule has 0 aromatic heterocycles. The van der Waals surface area contributed by atoms with Gasteiger partial charge in [-0.2, -0.15) is 5.26 Å². The number of nitrogens with one attached hydrogen (secondary N) is 1. The largest absolute Gasteiger partial charge is 0.303 e. The average molecular weight is 167 g/mol. The van der Waals surface area contributed by atoms with Crippen molar-refractivity contribution in [3.05, 3.63) is 0 Å². The first kappa shape index (κ1) is 9.50. The minimum Gasteiger partial charge on any atom is -0.303 e. The Balaban J connectivity index is 2.59. The summed E-state index contributed by atoms with van der Waals surface area (Å²) in [4.78, 5) is 2.22. The Hall–Kier alpha value is -0.590. The summed E-state index contributed by atoms with van der Waals surface area (Å²) >= 11 is 0. The van der Waals surface area contributed by atoms with Crippen LogP contribution in [-0.2, 0) is 0 Å². The lowest BCUT2D eigenvalue weighted by atomic mass is 9.91. The normalized spacial score (nSPS) is 31.4. The third-order valence-electron chi connectivity index (χ3n) is 2.41. The van der Waals surface area contributed by atoms with Crippen molar-refractivity contribution < 1.29 is 0 Å². The van der Waals surface area contributed by atoms with Gasteiger partial charge in [-0.15, -0.1) is 0 Å². The molecule has 0 amide bonds. The molecule has 1 fully saturated rings. The van der Waals surface area contributed by atoms with Gasteiger partial charge in [0.25, 0.3) is 0 Å². The molecule has 1 atom stereocenters. The molecular formula is C9H17N3. The summed E-state index contributed by atoms with van der Waals surface area (Å²) in [5.74, 6) is 0. The second-order valence-corrected chi connectivity index (χ2v) is 3.57. The van der Waals surface area contributed by atoms with Crippen molar-refractivity contribution >= 4 is 0 Å². The SMILES string of the molecule is CCNC1(C#N)CCCN(C)C1. The van der Waals surface area contributed by atoms with E-state index in [2.05, 4.69) is 23.3 Å².